The Balaban J connectivity index is 1.43. The van der Waals surface area contributed by atoms with Crippen molar-refractivity contribution in [2.75, 3.05) is 11.1 Å². The molecule has 0 radical (unpaired) electrons. The number of carbonyl (C=O) groups is 1. The van der Waals surface area contributed by atoms with E-state index in [-0.39, 0.29) is 17.4 Å². The standard InChI is InChI=1S/C21H20F2N4O2S/c22-20(23)29-18-9-6-16(11-15(18)10-14-4-2-1-3-5-14)25-19(28)12-30-21-26-24-13-27(21)17-7-8-17/h1-6,9,11,13,17,20H,7-8,10,12H2,(H,25,28). The number of rotatable bonds is 9. The number of amides is 1. The van der Waals surface area contributed by atoms with Gasteiger partial charge in [-0.1, -0.05) is 42.1 Å². The first kappa shape index (κ1) is 20.3. The number of carbonyl (C=O) groups excluding carboxylic acids is 1. The Morgan fingerprint density at radius 2 is 2.03 bits per heavy atom. The number of alkyl halides is 2. The molecule has 0 atom stereocenters. The number of aromatic nitrogens is 3. The Kier molecular flexibility index (Phi) is 6.27. The minimum Gasteiger partial charge on any atom is -0.435 e. The third-order valence-electron chi connectivity index (χ3n) is 4.61. The van der Waals surface area contributed by atoms with Crippen LogP contribution in [0.4, 0.5) is 14.5 Å². The summed E-state index contributed by atoms with van der Waals surface area (Å²) in [6.07, 6.45) is 4.31. The van der Waals surface area contributed by atoms with E-state index in [1.54, 1.807) is 18.5 Å². The van der Waals surface area contributed by atoms with Crippen LogP contribution in [0.2, 0.25) is 0 Å². The number of ether oxygens (including phenoxy) is 1. The van der Waals surface area contributed by atoms with E-state index in [1.807, 2.05) is 34.9 Å². The summed E-state index contributed by atoms with van der Waals surface area (Å²) in [4.78, 5) is 12.4. The molecule has 0 bridgehead atoms. The fraction of sp³-hybridized carbons (Fsp3) is 0.286. The number of hydrogen-bond acceptors (Lipinski definition) is 5. The van der Waals surface area contributed by atoms with Gasteiger partial charge in [0, 0.05) is 23.7 Å². The number of benzene rings is 2. The molecule has 6 nitrogen and oxygen atoms in total. The average molecular weight is 430 g/mol. The van der Waals surface area contributed by atoms with Gasteiger partial charge in [-0.2, -0.15) is 8.78 Å². The average Bonchev–Trinajstić information content (AvgIpc) is 3.46. The smallest absolute Gasteiger partial charge is 0.387 e. The minimum atomic E-state index is -2.92. The van der Waals surface area contributed by atoms with Crippen LogP contribution in [-0.2, 0) is 11.2 Å². The van der Waals surface area contributed by atoms with Crippen LogP contribution in [0.25, 0.3) is 0 Å². The Hall–Kier alpha value is -2.94. The van der Waals surface area contributed by atoms with Crippen LogP contribution >= 0.6 is 11.8 Å². The summed E-state index contributed by atoms with van der Waals surface area (Å²) in [7, 11) is 0. The lowest BCUT2D eigenvalue weighted by Crippen LogP contribution is -2.15. The van der Waals surface area contributed by atoms with Gasteiger partial charge >= 0.3 is 6.61 Å². The molecule has 1 aliphatic rings. The molecule has 1 aromatic heterocycles. The maximum absolute atomic E-state index is 12.8. The first-order valence-corrected chi connectivity index (χ1v) is 10.5. The molecule has 9 heteroatoms. The highest BCUT2D eigenvalue weighted by Gasteiger charge is 2.26. The normalized spacial score (nSPS) is 13.4. The van der Waals surface area contributed by atoms with Crippen LogP contribution in [0.3, 0.4) is 0 Å². The van der Waals surface area contributed by atoms with Gasteiger partial charge in [0.05, 0.1) is 5.75 Å². The van der Waals surface area contributed by atoms with E-state index in [4.69, 9.17) is 0 Å². The molecule has 0 unspecified atom stereocenters. The fourth-order valence-electron chi connectivity index (χ4n) is 3.09. The molecule has 0 saturated heterocycles. The quantitative estimate of drug-likeness (QED) is 0.505. The van der Waals surface area contributed by atoms with E-state index in [1.165, 1.54) is 17.8 Å². The first-order valence-electron chi connectivity index (χ1n) is 9.52. The lowest BCUT2D eigenvalue weighted by atomic mass is 10.0. The van der Waals surface area contributed by atoms with E-state index in [9.17, 15) is 13.6 Å². The fourth-order valence-corrected chi connectivity index (χ4v) is 3.87. The highest BCUT2D eigenvalue weighted by molar-refractivity contribution is 7.99. The Morgan fingerprint density at radius 1 is 1.23 bits per heavy atom. The zero-order valence-corrected chi connectivity index (χ0v) is 16.8. The van der Waals surface area contributed by atoms with Crippen LogP contribution < -0.4 is 10.1 Å². The summed E-state index contributed by atoms with van der Waals surface area (Å²) in [5.41, 5.74) is 2.05. The first-order chi connectivity index (χ1) is 14.6. The summed E-state index contributed by atoms with van der Waals surface area (Å²) < 4.78 is 32.2. The summed E-state index contributed by atoms with van der Waals surface area (Å²) in [6, 6.07) is 14.6. The van der Waals surface area contributed by atoms with Crippen molar-refractivity contribution in [3.63, 3.8) is 0 Å². The molecule has 156 valence electrons. The zero-order chi connectivity index (χ0) is 20.9. The van der Waals surface area contributed by atoms with Crippen molar-refractivity contribution in [3.8, 4) is 5.75 Å². The summed E-state index contributed by atoms with van der Waals surface area (Å²) in [6.45, 7) is -2.92. The van der Waals surface area contributed by atoms with Crippen LogP contribution in [0.1, 0.15) is 30.0 Å². The van der Waals surface area contributed by atoms with Gasteiger partial charge < -0.3 is 14.6 Å². The van der Waals surface area contributed by atoms with Crippen molar-refractivity contribution in [2.24, 2.45) is 0 Å². The molecule has 2 aromatic carbocycles. The molecule has 1 fully saturated rings. The largest absolute Gasteiger partial charge is 0.435 e. The summed E-state index contributed by atoms with van der Waals surface area (Å²) in [5.74, 6) is 0.0617. The van der Waals surface area contributed by atoms with Gasteiger partial charge in [0.1, 0.15) is 12.1 Å². The molecule has 0 aliphatic heterocycles. The maximum Gasteiger partial charge on any atom is 0.387 e. The Morgan fingerprint density at radius 3 is 2.77 bits per heavy atom. The van der Waals surface area contributed by atoms with Crippen molar-refractivity contribution in [1.82, 2.24) is 14.8 Å². The van der Waals surface area contributed by atoms with Crippen molar-refractivity contribution < 1.29 is 18.3 Å². The molecule has 1 N–H and O–H groups in total. The summed E-state index contributed by atoms with van der Waals surface area (Å²) in [5, 5.41) is 11.5. The van der Waals surface area contributed by atoms with Crippen molar-refractivity contribution >= 4 is 23.4 Å². The zero-order valence-electron chi connectivity index (χ0n) is 16.0. The molecule has 0 spiro atoms. The summed E-state index contributed by atoms with van der Waals surface area (Å²) >= 11 is 1.32. The molecular formula is C21H20F2N4O2S. The number of nitrogens with one attached hydrogen (secondary N) is 1. The van der Waals surface area contributed by atoms with Crippen LogP contribution in [0.5, 0.6) is 5.75 Å². The lowest BCUT2D eigenvalue weighted by molar-refractivity contribution is -0.113. The number of nitrogens with zero attached hydrogens (tertiary/aromatic N) is 3. The van der Waals surface area contributed by atoms with Gasteiger partial charge in [-0.15, -0.1) is 10.2 Å². The van der Waals surface area contributed by atoms with E-state index in [2.05, 4.69) is 20.3 Å². The molecule has 3 aromatic rings. The van der Waals surface area contributed by atoms with E-state index < -0.39 is 6.61 Å². The van der Waals surface area contributed by atoms with E-state index in [0.29, 0.717) is 23.7 Å². The van der Waals surface area contributed by atoms with Crippen LogP contribution in [0, 0.1) is 0 Å². The molecule has 30 heavy (non-hydrogen) atoms. The third-order valence-corrected chi connectivity index (χ3v) is 5.57. The van der Waals surface area contributed by atoms with Gasteiger partial charge in [-0.25, -0.2) is 0 Å². The van der Waals surface area contributed by atoms with Crippen LogP contribution in [0.15, 0.2) is 60.0 Å². The lowest BCUT2D eigenvalue weighted by Gasteiger charge is -2.13. The molecule has 4 rings (SSSR count). The SMILES string of the molecule is O=C(CSc1nncn1C1CC1)Nc1ccc(OC(F)F)c(Cc2ccccc2)c1. The number of hydrogen-bond donors (Lipinski definition) is 1. The number of halogens is 2. The number of thioether (sulfide) groups is 1. The predicted molar refractivity (Wildman–Crippen MR) is 110 cm³/mol. The van der Waals surface area contributed by atoms with E-state index in [0.717, 1.165) is 23.6 Å². The molecule has 1 saturated carbocycles. The van der Waals surface area contributed by atoms with Crippen molar-refractivity contribution in [1.29, 1.82) is 0 Å². The molecule has 1 heterocycles. The monoisotopic (exact) mass is 430 g/mol. The molecular weight excluding hydrogens is 410 g/mol. The van der Waals surface area contributed by atoms with Crippen molar-refractivity contribution in [2.45, 2.75) is 37.1 Å². The van der Waals surface area contributed by atoms with Gasteiger partial charge in [0.25, 0.3) is 0 Å². The van der Waals surface area contributed by atoms with E-state index >= 15 is 0 Å². The molecule has 1 aliphatic carbocycles. The predicted octanol–water partition coefficient (Wildman–Crippen LogP) is 4.54. The van der Waals surface area contributed by atoms with Gasteiger partial charge in [0.15, 0.2) is 5.16 Å². The van der Waals surface area contributed by atoms with Crippen LogP contribution in [-0.4, -0.2) is 33.0 Å². The third kappa shape index (κ3) is 5.35. The van der Waals surface area contributed by atoms with Gasteiger partial charge in [0.2, 0.25) is 5.91 Å². The Bertz CT molecular complexity index is 1010. The second-order valence-corrected chi connectivity index (χ2v) is 7.89. The topological polar surface area (TPSA) is 69.0 Å². The highest BCUT2D eigenvalue weighted by Crippen LogP contribution is 2.37. The second kappa shape index (κ2) is 9.25. The van der Waals surface area contributed by atoms with Crippen molar-refractivity contribution in [3.05, 3.63) is 66.0 Å². The van der Waals surface area contributed by atoms with Gasteiger partial charge in [-0.05, 0) is 36.6 Å². The minimum absolute atomic E-state index is 0.0961. The second-order valence-electron chi connectivity index (χ2n) is 6.95. The Labute approximate surface area is 176 Å². The highest BCUT2D eigenvalue weighted by atomic mass is 32.2. The number of anilines is 1. The molecule has 1 amide bonds. The van der Waals surface area contributed by atoms with Gasteiger partial charge in [-0.3, -0.25) is 4.79 Å². The maximum atomic E-state index is 12.8.